The summed E-state index contributed by atoms with van der Waals surface area (Å²) in [6, 6.07) is 13.5. The molecule has 0 saturated heterocycles. The van der Waals surface area contributed by atoms with Crippen LogP contribution in [0.2, 0.25) is 0 Å². The zero-order chi connectivity index (χ0) is 17.3. The first-order valence-corrected chi connectivity index (χ1v) is 8.21. The number of ether oxygens (including phenoxy) is 1. The average Bonchev–Trinajstić information content (AvgIpc) is 2.56. The van der Waals surface area contributed by atoms with Crippen molar-refractivity contribution < 1.29 is 9.53 Å². The molecule has 124 valence electrons. The van der Waals surface area contributed by atoms with Crippen LogP contribution in [-0.2, 0) is 11.2 Å². The summed E-state index contributed by atoms with van der Waals surface area (Å²) in [4.78, 5) is 14.6. The first-order chi connectivity index (χ1) is 11.5. The number of nitrogens with two attached hydrogens (primary N) is 1. The summed E-state index contributed by atoms with van der Waals surface area (Å²) < 4.78 is 5.86. The number of nitrogen functional groups attached to an aromatic ring is 1. The molecule has 0 spiro atoms. The molecule has 0 unspecified atom stereocenters. The van der Waals surface area contributed by atoms with Crippen molar-refractivity contribution in [2.24, 2.45) is 0 Å². The highest BCUT2D eigenvalue weighted by molar-refractivity contribution is 6.10. The Morgan fingerprint density at radius 2 is 1.88 bits per heavy atom. The Morgan fingerprint density at radius 3 is 2.50 bits per heavy atom. The van der Waals surface area contributed by atoms with E-state index in [2.05, 4.69) is 19.1 Å². The van der Waals surface area contributed by atoms with Crippen LogP contribution in [0.3, 0.4) is 0 Å². The van der Waals surface area contributed by atoms with E-state index < -0.39 is 0 Å². The summed E-state index contributed by atoms with van der Waals surface area (Å²) in [6.45, 7) is 6.08. The third kappa shape index (κ3) is 3.00. The molecule has 3 rings (SSSR count). The SMILES string of the molecule is CCc1ccc(/C=C2/Oc3cc(N)ccc3N(C(C)C)C2=O)cc1. The van der Waals surface area contributed by atoms with Gasteiger partial charge < -0.3 is 10.5 Å². The molecule has 0 fully saturated rings. The second-order valence-electron chi connectivity index (χ2n) is 6.20. The summed E-state index contributed by atoms with van der Waals surface area (Å²) in [5.74, 6) is 0.785. The number of benzene rings is 2. The average molecular weight is 322 g/mol. The number of carbonyl (C=O) groups excluding carboxylic acids is 1. The molecule has 2 aromatic rings. The molecule has 4 nitrogen and oxygen atoms in total. The van der Waals surface area contributed by atoms with E-state index in [4.69, 9.17) is 10.5 Å². The van der Waals surface area contributed by atoms with Crippen molar-refractivity contribution in [2.75, 3.05) is 10.6 Å². The maximum atomic E-state index is 12.8. The largest absolute Gasteiger partial charge is 0.449 e. The number of fused-ring (bicyclic) bond motifs is 1. The van der Waals surface area contributed by atoms with Gasteiger partial charge in [-0.05, 0) is 49.6 Å². The molecule has 0 bridgehead atoms. The Balaban J connectivity index is 2.02. The molecule has 24 heavy (non-hydrogen) atoms. The lowest BCUT2D eigenvalue weighted by atomic mass is 10.1. The van der Waals surface area contributed by atoms with E-state index in [1.54, 1.807) is 23.1 Å². The van der Waals surface area contributed by atoms with Crippen LogP contribution in [0.15, 0.2) is 48.2 Å². The highest BCUT2D eigenvalue weighted by Crippen LogP contribution is 2.38. The molecule has 0 atom stereocenters. The standard InChI is InChI=1S/C20H22N2O2/c1-4-14-5-7-15(8-6-14)11-19-20(23)22(13(2)3)17-10-9-16(21)12-18(17)24-19/h5-13H,4,21H2,1-3H3/b19-11+. The summed E-state index contributed by atoms with van der Waals surface area (Å²) in [6.07, 6.45) is 2.77. The van der Waals surface area contributed by atoms with Crippen molar-refractivity contribution >= 4 is 23.4 Å². The normalized spacial score (nSPS) is 15.6. The zero-order valence-corrected chi connectivity index (χ0v) is 14.2. The number of hydrogen-bond acceptors (Lipinski definition) is 3. The molecule has 1 aliphatic rings. The van der Waals surface area contributed by atoms with Gasteiger partial charge in [-0.2, -0.15) is 0 Å². The Morgan fingerprint density at radius 1 is 1.17 bits per heavy atom. The number of aryl methyl sites for hydroxylation is 1. The Kier molecular flexibility index (Phi) is 4.30. The molecule has 4 heteroatoms. The molecule has 0 radical (unpaired) electrons. The maximum Gasteiger partial charge on any atom is 0.294 e. The fourth-order valence-corrected chi connectivity index (χ4v) is 2.81. The molecule has 1 aliphatic heterocycles. The summed E-state index contributed by atoms with van der Waals surface area (Å²) in [7, 11) is 0. The van der Waals surface area contributed by atoms with Crippen LogP contribution in [0, 0.1) is 0 Å². The van der Waals surface area contributed by atoms with Gasteiger partial charge in [0.2, 0.25) is 0 Å². The highest BCUT2D eigenvalue weighted by Gasteiger charge is 2.32. The third-order valence-electron chi connectivity index (χ3n) is 4.10. The molecule has 0 aromatic heterocycles. The molecule has 0 saturated carbocycles. The number of nitrogens with zero attached hydrogens (tertiary/aromatic N) is 1. The van der Waals surface area contributed by atoms with Crippen LogP contribution >= 0.6 is 0 Å². The van der Waals surface area contributed by atoms with E-state index in [1.807, 2.05) is 32.0 Å². The number of amides is 1. The first-order valence-electron chi connectivity index (χ1n) is 8.21. The number of carbonyl (C=O) groups is 1. The van der Waals surface area contributed by atoms with Crippen molar-refractivity contribution in [3.63, 3.8) is 0 Å². The van der Waals surface area contributed by atoms with E-state index in [9.17, 15) is 4.79 Å². The van der Waals surface area contributed by atoms with Gasteiger partial charge in [-0.1, -0.05) is 31.2 Å². The molecule has 1 amide bonds. The van der Waals surface area contributed by atoms with Gasteiger partial charge in [0.1, 0.15) is 0 Å². The molecular formula is C20H22N2O2. The van der Waals surface area contributed by atoms with E-state index in [0.29, 0.717) is 17.2 Å². The van der Waals surface area contributed by atoms with E-state index >= 15 is 0 Å². The highest BCUT2D eigenvalue weighted by atomic mass is 16.5. The van der Waals surface area contributed by atoms with Crippen LogP contribution in [0.4, 0.5) is 11.4 Å². The summed E-state index contributed by atoms with van der Waals surface area (Å²) in [5, 5.41) is 0. The van der Waals surface area contributed by atoms with Crippen LogP contribution < -0.4 is 15.4 Å². The fraction of sp³-hybridized carbons (Fsp3) is 0.250. The molecule has 2 aromatic carbocycles. The summed E-state index contributed by atoms with van der Waals surface area (Å²) in [5.41, 5.74) is 9.42. The number of hydrogen-bond donors (Lipinski definition) is 1. The van der Waals surface area contributed by atoms with Crippen molar-refractivity contribution in [3.05, 3.63) is 59.4 Å². The van der Waals surface area contributed by atoms with Gasteiger partial charge in [-0.15, -0.1) is 0 Å². The van der Waals surface area contributed by atoms with E-state index in [1.165, 1.54) is 5.56 Å². The monoisotopic (exact) mass is 322 g/mol. The number of rotatable bonds is 3. The van der Waals surface area contributed by atoms with E-state index in [0.717, 1.165) is 17.7 Å². The second kappa shape index (κ2) is 6.40. The Labute approximate surface area is 142 Å². The zero-order valence-electron chi connectivity index (χ0n) is 14.2. The van der Waals surface area contributed by atoms with Crippen LogP contribution in [-0.4, -0.2) is 11.9 Å². The minimum Gasteiger partial charge on any atom is -0.449 e. The lowest BCUT2D eigenvalue weighted by Crippen LogP contribution is -2.42. The quantitative estimate of drug-likeness (QED) is 0.686. The van der Waals surface area contributed by atoms with Crippen molar-refractivity contribution in [1.82, 2.24) is 0 Å². The first kappa shape index (κ1) is 16.1. The van der Waals surface area contributed by atoms with Gasteiger partial charge in [0.05, 0.1) is 5.69 Å². The third-order valence-corrected chi connectivity index (χ3v) is 4.10. The molecule has 0 aliphatic carbocycles. The predicted octanol–water partition coefficient (Wildman–Crippen LogP) is 4.01. The second-order valence-corrected chi connectivity index (χ2v) is 6.20. The Bertz CT molecular complexity index is 792. The van der Waals surface area contributed by atoms with Crippen molar-refractivity contribution in [2.45, 2.75) is 33.2 Å². The van der Waals surface area contributed by atoms with Crippen molar-refractivity contribution in [1.29, 1.82) is 0 Å². The van der Waals surface area contributed by atoms with Gasteiger partial charge in [-0.3, -0.25) is 9.69 Å². The minimum atomic E-state index is -0.137. The summed E-state index contributed by atoms with van der Waals surface area (Å²) >= 11 is 0. The van der Waals surface area contributed by atoms with Gasteiger partial charge in [0.15, 0.2) is 11.5 Å². The van der Waals surface area contributed by atoms with Gasteiger partial charge in [0, 0.05) is 17.8 Å². The molecule has 2 N–H and O–H groups in total. The van der Waals surface area contributed by atoms with E-state index in [-0.39, 0.29) is 11.9 Å². The van der Waals surface area contributed by atoms with Gasteiger partial charge >= 0.3 is 0 Å². The molecule has 1 heterocycles. The predicted molar refractivity (Wildman–Crippen MR) is 97.9 cm³/mol. The van der Waals surface area contributed by atoms with Gasteiger partial charge in [-0.25, -0.2) is 0 Å². The van der Waals surface area contributed by atoms with Crippen LogP contribution in [0.5, 0.6) is 5.75 Å². The Hall–Kier alpha value is -2.75. The lowest BCUT2D eigenvalue weighted by Gasteiger charge is -2.33. The lowest BCUT2D eigenvalue weighted by molar-refractivity contribution is -0.117. The topological polar surface area (TPSA) is 55.6 Å². The molecular weight excluding hydrogens is 300 g/mol. The number of anilines is 2. The van der Waals surface area contributed by atoms with Gasteiger partial charge in [0.25, 0.3) is 5.91 Å². The maximum absolute atomic E-state index is 12.8. The van der Waals surface area contributed by atoms with Crippen molar-refractivity contribution in [3.8, 4) is 5.75 Å². The minimum absolute atomic E-state index is 0.0228. The smallest absolute Gasteiger partial charge is 0.294 e. The van der Waals surface area contributed by atoms with Crippen LogP contribution in [0.25, 0.3) is 6.08 Å². The fourth-order valence-electron chi connectivity index (χ4n) is 2.81. The van der Waals surface area contributed by atoms with Crippen LogP contribution in [0.1, 0.15) is 31.9 Å².